The highest BCUT2D eigenvalue weighted by atomic mass is 32.2. The standard InChI is InChI=1S/C7H10N2OS2/c1-4-2-7(3-12-4)5(10)8-6(11)9-7/h4H,2-3H2,1H3,(H2,8,9,10,11). The SMILES string of the molecule is CC1CC2(CS1)NC(=S)NC2=O. The van der Waals surface area contributed by atoms with Gasteiger partial charge in [0.2, 0.25) is 0 Å². The van der Waals surface area contributed by atoms with Crippen LogP contribution in [0.5, 0.6) is 0 Å². The van der Waals surface area contributed by atoms with Gasteiger partial charge in [-0.15, -0.1) is 0 Å². The van der Waals surface area contributed by atoms with Crippen molar-refractivity contribution in [3.63, 3.8) is 0 Å². The van der Waals surface area contributed by atoms with Crippen molar-refractivity contribution in [3.05, 3.63) is 0 Å². The maximum Gasteiger partial charge on any atom is 0.252 e. The van der Waals surface area contributed by atoms with Gasteiger partial charge in [-0.2, -0.15) is 11.8 Å². The molecule has 0 saturated carbocycles. The first-order valence-corrected chi connectivity index (χ1v) is 5.33. The molecule has 2 fully saturated rings. The molecule has 0 aromatic heterocycles. The minimum atomic E-state index is -0.388. The molecule has 2 unspecified atom stereocenters. The fourth-order valence-electron chi connectivity index (χ4n) is 1.67. The van der Waals surface area contributed by atoms with E-state index in [0.29, 0.717) is 10.4 Å². The van der Waals surface area contributed by atoms with Gasteiger partial charge in [-0.3, -0.25) is 4.79 Å². The van der Waals surface area contributed by atoms with Crippen molar-refractivity contribution in [2.24, 2.45) is 0 Å². The molecule has 12 heavy (non-hydrogen) atoms. The van der Waals surface area contributed by atoms with E-state index in [2.05, 4.69) is 17.6 Å². The first kappa shape index (κ1) is 8.31. The number of thioether (sulfide) groups is 1. The Labute approximate surface area is 80.7 Å². The maximum absolute atomic E-state index is 11.5. The highest BCUT2D eigenvalue weighted by molar-refractivity contribution is 8.00. The zero-order valence-corrected chi connectivity index (χ0v) is 8.35. The lowest BCUT2D eigenvalue weighted by Crippen LogP contribution is -2.47. The molecule has 0 aromatic rings. The number of thiocarbonyl (C=S) groups is 1. The van der Waals surface area contributed by atoms with Crippen LogP contribution in [0.1, 0.15) is 13.3 Å². The second-order valence-corrected chi connectivity index (χ2v) is 5.15. The summed E-state index contributed by atoms with van der Waals surface area (Å²) in [5.41, 5.74) is -0.388. The lowest BCUT2D eigenvalue weighted by Gasteiger charge is -2.18. The summed E-state index contributed by atoms with van der Waals surface area (Å²) in [4.78, 5) is 11.5. The van der Waals surface area contributed by atoms with E-state index in [9.17, 15) is 4.79 Å². The number of rotatable bonds is 0. The monoisotopic (exact) mass is 202 g/mol. The number of nitrogens with one attached hydrogen (secondary N) is 2. The van der Waals surface area contributed by atoms with E-state index >= 15 is 0 Å². The van der Waals surface area contributed by atoms with Crippen LogP contribution in [0.2, 0.25) is 0 Å². The quantitative estimate of drug-likeness (QED) is 0.553. The fourth-order valence-corrected chi connectivity index (χ4v) is 3.25. The molecule has 0 aromatic carbocycles. The van der Waals surface area contributed by atoms with Crippen LogP contribution in [-0.2, 0) is 4.79 Å². The minimum absolute atomic E-state index is 0.0457. The Morgan fingerprint density at radius 2 is 2.50 bits per heavy atom. The van der Waals surface area contributed by atoms with Crippen molar-refractivity contribution in [1.29, 1.82) is 0 Å². The third kappa shape index (κ3) is 1.11. The van der Waals surface area contributed by atoms with Crippen molar-refractivity contribution < 1.29 is 4.79 Å². The second-order valence-electron chi connectivity index (χ2n) is 3.32. The summed E-state index contributed by atoms with van der Waals surface area (Å²) in [6.07, 6.45) is 0.879. The summed E-state index contributed by atoms with van der Waals surface area (Å²) in [7, 11) is 0. The summed E-state index contributed by atoms with van der Waals surface area (Å²) >= 11 is 6.71. The second kappa shape index (κ2) is 2.60. The Balaban J connectivity index is 2.22. The first-order valence-electron chi connectivity index (χ1n) is 3.88. The lowest BCUT2D eigenvalue weighted by atomic mass is 9.97. The van der Waals surface area contributed by atoms with Gasteiger partial charge in [0.25, 0.3) is 5.91 Å². The largest absolute Gasteiger partial charge is 0.347 e. The van der Waals surface area contributed by atoms with Crippen molar-refractivity contribution in [2.75, 3.05) is 5.75 Å². The molecular formula is C7H10N2OS2. The summed E-state index contributed by atoms with van der Waals surface area (Å²) in [5, 5.41) is 6.72. The molecule has 2 aliphatic heterocycles. The van der Waals surface area contributed by atoms with Gasteiger partial charge < -0.3 is 10.6 Å². The van der Waals surface area contributed by atoms with Crippen LogP contribution in [0.3, 0.4) is 0 Å². The number of carbonyl (C=O) groups is 1. The molecule has 2 atom stereocenters. The molecule has 2 heterocycles. The average Bonchev–Trinajstić information content (AvgIpc) is 2.43. The van der Waals surface area contributed by atoms with Gasteiger partial charge >= 0.3 is 0 Å². The van der Waals surface area contributed by atoms with Crippen LogP contribution in [0.4, 0.5) is 0 Å². The molecule has 2 aliphatic rings. The Kier molecular flexibility index (Phi) is 1.80. The van der Waals surface area contributed by atoms with Crippen LogP contribution in [0.25, 0.3) is 0 Å². The first-order chi connectivity index (χ1) is 5.62. The lowest BCUT2D eigenvalue weighted by molar-refractivity contribution is -0.123. The Morgan fingerprint density at radius 1 is 1.75 bits per heavy atom. The van der Waals surface area contributed by atoms with Crippen LogP contribution in [-0.4, -0.2) is 27.6 Å². The van der Waals surface area contributed by atoms with Crippen molar-refractivity contribution >= 4 is 35.0 Å². The topological polar surface area (TPSA) is 41.1 Å². The van der Waals surface area contributed by atoms with E-state index in [1.54, 1.807) is 0 Å². The predicted octanol–water partition coefficient (Wildman–Crippen LogP) is 0.255. The molecule has 5 heteroatoms. The summed E-state index contributed by atoms with van der Waals surface area (Å²) in [6, 6.07) is 0. The van der Waals surface area contributed by atoms with Crippen molar-refractivity contribution in [2.45, 2.75) is 24.1 Å². The third-order valence-corrected chi connectivity index (χ3v) is 3.86. The fraction of sp³-hybridized carbons (Fsp3) is 0.714. The van der Waals surface area contributed by atoms with E-state index < -0.39 is 0 Å². The molecular weight excluding hydrogens is 192 g/mol. The van der Waals surface area contributed by atoms with Gasteiger partial charge in [0, 0.05) is 11.0 Å². The van der Waals surface area contributed by atoms with Crippen LogP contribution >= 0.6 is 24.0 Å². The highest BCUT2D eigenvalue weighted by Gasteiger charge is 2.49. The average molecular weight is 202 g/mol. The minimum Gasteiger partial charge on any atom is -0.347 e. The van der Waals surface area contributed by atoms with Gasteiger partial charge in [0.1, 0.15) is 5.54 Å². The number of carbonyl (C=O) groups excluding carboxylic acids is 1. The van der Waals surface area contributed by atoms with E-state index in [1.165, 1.54) is 0 Å². The molecule has 0 radical (unpaired) electrons. The van der Waals surface area contributed by atoms with E-state index in [1.807, 2.05) is 11.8 Å². The summed E-state index contributed by atoms with van der Waals surface area (Å²) < 4.78 is 0. The van der Waals surface area contributed by atoms with E-state index in [-0.39, 0.29) is 11.4 Å². The van der Waals surface area contributed by atoms with Gasteiger partial charge in [-0.1, -0.05) is 6.92 Å². The summed E-state index contributed by atoms with van der Waals surface area (Å²) in [6.45, 7) is 2.13. The van der Waals surface area contributed by atoms with Crippen LogP contribution < -0.4 is 10.6 Å². The van der Waals surface area contributed by atoms with Gasteiger partial charge in [0.05, 0.1) is 0 Å². The number of amides is 1. The molecule has 2 saturated heterocycles. The zero-order valence-electron chi connectivity index (χ0n) is 6.72. The van der Waals surface area contributed by atoms with Crippen LogP contribution in [0, 0.1) is 0 Å². The Hall–Kier alpha value is -0.290. The van der Waals surface area contributed by atoms with Crippen molar-refractivity contribution in [1.82, 2.24) is 10.6 Å². The molecule has 0 aliphatic carbocycles. The predicted molar refractivity (Wildman–Crippen MR) is 53.1 cm³/mol. The number of hydrogen-bond donors (Lipinski definition) is 2. The normalized spacial score (nSPS) is 40.2. The molecule has 0 bridgehead atoms. The maximum atomic E-state index is 11.5. The zero-order chi connectivity index (χ0) is 8.77. The van der Waals surface area contributed by atoms with Gasteiger partial charge in [0.15, 0.2) is 5.11 Å². The van der Waals surface area contributed by atoms with Crippen molar-refractivity contribution in [3.8, 4) is 0 Å². The van der Waals surface area contributed by atoms with Gasteiger partial charge in [-0.05, 0) is 18.6 Å². The highest BCUT2D eigenvalue weighted by Crippen LogP contribution is 2.35. The third-order valence-electron chi connectivity index (χ3n) is 2.26. The summed E-state index contributed by atoms with van der Waals surface area (Å²) in [5.74, 6) is 0.879. The molecule has 1 spiro atoms. The Bertz CT molecular complexity index is 256. The molecule has 2 rings (SSSR count). The van der Waals surface area contributed by atoms with E-state index in [4.69, 9.17) is 12.2 Å². The molecule has 66 valence electrons. The molecule has 2 N–H and O–H groups in total. The number of hydrogen-bond acceptors (Lipinski definition) is 3. The molecule has 3 nitrogen and oxygen atoms in total. The van der Waals surface area contributed by atoms with E-state index in [0.717, 1.165) is 12.2 Å². The smallest absolute Gasteiger partial charge is 0.252 e. The van der Waals surface area contributed by atoms with Crippen LogP contribution in [0.15, 0.2) is 0 Å². The Morgan fingerprint density at radius 3 is 2.92 bits per heavy atom. The van der Waals surface area contributed by atoms with Gasteiger partial charge in [-0.25, -0.2) is 0 Å². The molecule has 1 amide bonds.